The fourth-order valence-electron chi connectivity index (χ4n) is 3.83. The zero-order valence-electron chi connectivity index (χ0n) is 17.9. The van der Waals surface area contributed by atoms with Gasteiger partial charge in [0.15, 0.2) is 0 Å². The highest BCUT2D eigenvalue weighted by atomic mass is 16.5. The number of amides is 2. The standard InChI is InChI=1S/C23H32N4O2/c1-5-25(6-2)20-10-11-22(18(3)16-20)26-12-14-27(15-13-26)23(28)24-19-8-7-9-21(17-19)29-4/h7-11,16-17H,5-6,12-15H2,1-4H3,(H,24,28). The minimum Gasteiger partial charge on any atom is -0.497 e. The summed E-state index contributed by atoms with van der Waals surface area (Å²) < 4.78 is 5.22. The number of nitrogens with zero attached hydrogens (tertiary/aromatic N) is 3. The molecule has 1 saturated heterocycles. The van der Waals surface area contributed by atoms with E-state index in [1.807, 2.05) is 29.2 Å². The van der Waals surface area contributed by atoms with Gasteiger partial charge in [-0.3, -0.25) is 0 Å². The third-order valence-corrected chi connectivity index (χ3v) is 5.54. The van der Waals surface area contributed by atoms with Gasteiger partial charge in [-0.05, 0) is 56.7 Å². The quantitative estimate of drug-likeness (QED) is 0.795. The van der Waals surface area contributed by atoms with Crippen molar-refractivity contribution in [1.29, 1.82) is 0 Å². The van der Waals surface area contributed by atoms with Crippen molar-refractivity contribution in [2.45, 2.75) is 20.8 Å². The van der Waals surface area contributed by atoms with Crippen molar-refractivity contribution in [3.8, 4) is 5.75 Å². The summed E-state index contributed by atoms with van der Waals surface area (Å²) in [7, 11) is 1.62. The second-order valence-electron chi connectivity index (χ2n) is 7.28. The number of piperazine rings is 1. The molecule has 1 N–H and O–H groups in total. The number of hydrogen-bond acceptors (Lipinski definition) is 4. The first-order valence-electron chi connectivity index (χ1n) is 10.4. The fraction of sp³-hybridized carbons (Fsp3) is 0.435. The normalized spacial score (nSPS) is 13.9. The van der Waals surface area contributed by atoms with Crippen molar-refractivity contribution in [1.82, 2.24) is 4.90 Å². The van der Waals surface area contributed by atoms with Gasteiger partial charge in [0.05, 0.1) is 7.11 Å². The van der Waals surface area contributed by atoms with Crippen molar-refractivity contribution in [3.05, 3.63) is 48.0 Å². The highest BCUT2D eigenvalue weighted by Crippen LogP contribution is 2.27. The molecule has 1 fully saturated rings. The van der Waals surface area contributed by atoms with Gasteiger partial charge in [0.1, 0.15) is 5.75 Å². The minimum atomic E-state index is -0.0634. The highest BCUT2D eigenvalue weighted by Gasteiger charge is 2.22. The molecule has 1 heterocycles. The Balaban J connectivity index is 1.59. The van der Waals surface area contributed by atoms with Crippen LogP contribution in [0.5, 0.6) is 5.75 Å². The van der Waals surface area contributed by atoms with E-state index in [1.54, 1.807) is 7.11 Å². The van der Waals surface area contributed by atoms with Crippen LogP contribution in [-0.2, 0) is 0 Å². The number of rotatable bonds is 6. The lowest BCUT2D eigenvalue weighted by molar-refractivity contribution is 0.208. The summed E-state index contributed by atoms with van der Waals surface area (Å²) >= 11 is 0. The Morgan fingerprint density at radius 3 is 2.41 bits per heavy atom. The zero-order chi connectivity index (χ0) is 20.8. The third kappa shape index (κ3) is 4.94. The molecule has 156 valence electrons. The summed E-state index contributed by atoms with van der Waals surface area (Å²) in [5, 5.41) is 2.97. The van der Waals surface area contributed by atoms with E-state index < -0.39 is 0 Å². The molecule has 0 bridgehead atoms. The molecule has 0 aromatic heterocycles. The molecule has 0 radical (unpaired) electrons. The molecule has 0 atom stereocenters. The fourth-order valence-corrected chi connectivity index (χ4v) is 3.83. The molecule has 3 rings (SSSR count). The van der Waals surface area contributed by atoms with Gasteiger partial charge >= 0.3 is 6.03 Å². The smallest absolute Gasteiger partial charge is 0.321 e. The van der Waals surface area contributed by atoms with E-state index in [4.69, 9.17) is 4.74 Å². The van der Waals surface area contributed by atoms with Crippen LogP contribution >= 0.6 is 0 Å². The Labute approximate surface area is 174 Å². The van der Waals surface area contributed by atoms with Crippen LogP contribution in [0.1, 0.15) is 19.4 Å². The largest absolute Gasteiger partial charge is 0.497 e. The first-order chi connectivity index (χ1) is 14.0. The lowest BCUT2D eigenvalue weighted by Gasteiger charge is -2.37. The van der Waals surface area contributed by atoms with Gasteiger partial charge in [-0.1, -0.05) is 6.07 Å². The summed E-state index contributed by atoms with van der Waals surface area (Å²) in [6.07, 6.45) is 0. The van der Waals surface area contributed by atoms with Gasteiger partial charge in [-0.25, -0.2) is 4.79 Å². The van der Waals surface area contributed by atoms with E-state index in [1.165, 1.54) is 16.9 Å². The van der Waals surface area contributed by atoms with Crippen LogP contribution in [-0.4, -0.2) is 57.3 Å². The number of carbonyl (C=O) groups is 1. The maximum atomic E-state index is 12.6. The molecule has 0 saturated carbocycles. The van der Waals surface area contributed by atoms with E-state index in [2.05, 4.69) is 54.1 Å². The molecule has 6 heteroatoms. The maximum absolute atomic E-state index is 12.6. The minimum absolute atomic E-state index is 0.0634. The molecule has 2 amide bonds. The van der Waals surface area contributed by atoms with Crippen LogP contribution in [0.4, 0.5) is 21.9 Å². The van der Waals surface area contributed by atoms with Gasteiger partial charge in [0.2, 0.25) is 0 Å². The number of benzene rings is 2. The first kappa shape index (κ1) is 20.8. The van der Waals surface area contributed by atoms with Gasteiger partial charge in [0.25, 0.3) is 0 Å². The molecule has 0 unspecified atom stereocenters. The third-order valence-electron chi connectivity index (χ3n) is 5.54. The van der Waals surface area contributed by atoms with Crippen LogP contribution < -0.4 is 19.9 Å². The zero-order valence-corrected chi connectivity index (χ0v) is 17.9. The molecule has 29 heavy (non-hydrogen) atoms. The van der Waals surface area contributed by atoms with Crippen LogP contribution in [0.25, 0.3) is 0 Å². The second kappa shape index (κ2) is 9.54. The molecule has 2 aromatic carbocycles. The molecule has 1 aliphatic heterocycles. The molecular weight excluding hydrogens is 364 g/mol. The predicted molar refractivity (Wildman–Crippen MR) is 121 cm³/mol. The first-order valence-corrected chi connectivity index (χ1v) is 10.4. The molecule has 1 aliphatic rings. The number of carbonyl (C=O) groups excluding carboxylic acids is 1. The van der Waals surface area contributed by atoms with Gasteiger partial charge in [-0.15, -0.1) is 0 Å². The summed E-state index contributed by atoms with van der Waals surface area (Å²) in [4.78, 5) is 19.2. The summed E-state index contributed by atoms with van der Waals surface area (Å²) in [5.41, 5.74) is 4.56. The highest BCUT2D eigenvalue weighted by molar-refractivity contribution is 5.89. The van der Waals surface area contributed by atoms with Crippen molar-refractivity contribution in [2.75, 3.05) is 61.5 Å². The van der Waals surface area contributed by atoms with E-state index >= 15 is 0 Å². The van der Waals surface area contributed by atoms with Gasteiger partial charge in [-0.2, -0.15) is 0 Å². The van der Waals surface area contributed by atoms with Crippen LogP contribution in [0.15, 0.2) is 42.5 Å². The second-order valence-corrected chi connectivity index (χ2v) is 7.28. The predicted octanol–water partition coefficient (Wildman–Crippen LogP) is 4.20. The number of ether oxygens (including phenoxy) is 1. The Hall–Kier alpha value is -2.89. The Bertz CT molecular complexity index is 827. The van der Waals surface area contributed by atoms with E-state index in [0.29, 0.717) is 13.1 Å². The molecular formula is C23H32N4O2. The van der Waals surface area contributed by atoms with Crippen LogP contribution in [0.3, 0.4) is 0 Å². The van der Waals surface area contributed by atoms with Crippen molar-refractivity contribution >= 4 is 23.1 Å². The number of aryl methyl sites for hydroxylation is 1. The van der Waals surface area contributed by atoms with Crippen LogP contribution in [0, 0.1) is 6.92 Å². The Morgan fingerprint density at radius 1 is 1.07 bits per heavy atom. The molecule has 6 nitrogen and oxygen atoms in total. The van der Waals surface area contributed by atoms with Crippen molar-refractivity contribution < 1.29 is 9.53 Å². The monoisotopic (exact) mass is 396 g/mol. The average Bonchev–Trinajstić information content (AvgIpc) is 2.75. The molecule has 2 aromatic rings. The van der Waals surface area contributed by atoms with Gasteiger partial charge in [0, 0.05) is 62.4 Å². The lowest BCUT2D eigenvalue weighted by atomic mass is 10.1. The van der Waals surface area contributed by atoms with E-state index in [9.17, 15) is 4.79 Å². The number of methoxy groups -OCH3 is 1. The maximum Gasteiger partial charge on any atom is 0.321 e. The van der Waals surface area contributed by atoms with E-state index in [-0.39, 0.29) is 6.03 Å². The summed E-state index contributed by atoms with van der Waals surface area (Å²) in [6, 6.07) is 14.1. The van der Waals surface area contributed by atoms with Crippen LogP contribution in [0.2, 0.25) is 0 Å². The lowest BCUT2D eigenvalue weighted by Crippen LogP contribution is -2.50. The summed E-state index contributed by atoms with van der Waals surface area (Å²) in [6.45, 7) is 11.6. The SMILES string of the molecule is CCN(CC)c1ccc(N2CCN(C(=O)Nc3cccc(OC)c3)CC2)c(C)c1. The number of urea groups is 1. The number of hydrogen-bond donors (Lipinski definition) is 1. The van der Waals surface area contributed by atoms with Crippen molar-refractivity contribution in [3.63, 3.8) is 0 Å². The number of anilines is 3. The molecule has 0 spiro atoms. The topological polar surface area (TPSA) is 48.0 Å². The Morgan fingerprint density at radius 2 is 1.79 bits per heavy atom. The van der Waals surface area contributed by atoms with E-state index in [0.717, 1.165) is 37.6 Å². The Kier molecular flexibility index (Phi) is 6.86. The van der Waals surface area contributed by atoms with Crippen molar-refractivity contribution in [2.24, 2.45) is 0 Å². The summed E-state index contributed by atoms with van der Waals surface area (Å²) in [5.74, 6) is 0.733. The molecule has 0 aliphatic carbocycles. The van der Waals surface area contributed by atoms with Gasteiger partial charge < -0.3 is 24.8 Å². The number of nitrogens with one attached hydrogen (secondary N) is 1. The average molecular weight is 397 g/mol.